The Balaban J connectivity index is 0.00000139. The highest BCUT2D eigenvalue weighted by Gasteiger charge is 2.29. The zero-order chi connectivity index (χ0) is 29.0. The summed E-state index contributed by atoms with van der Waals surface area (Å²) in [5.41, 5.74) is 2.50. The highest BCUT2D eigenvalue weighted by molar-refractivity contribution is 5.89. The standard InChI is InChI=1S/C26H37NO3.C4H4O4/c1-18(2)27(19(3)4)15-14-22(21-10-8-7-9-11-21)23-16-20(17-28)12-13-24(23)26(5,6)25(29)30;5-3(6)1-2-4(7)8/h7-13,16,18-19,22,28H,14-15,17H2,1-6H3,(H,29,30);1-2H,(H,5,6)(H,7,8)/b;2-1+/t22-;/m1./s1. The minimum atomic E-state index is -1.26. The number of aliphatic hydroxyl groups excluding tert-OH is 1. The van der Waals surface area contributed by atoms with Crippen molar-refractivity contribution in [2.75, 3.05) is 6.54 Å². The summed E-state index contributed by atoms with van der Waals surface area (Å²) in [5, 5.41) is 37.3. The maximum Gasteiger partial charge on any atom is 1.00 e. The molecule has 0 amide bonds. The van der Waals surface area contributed by atoms with Gasteiger partial charge in [-0.15, -0.1) is 0 Å². The van der Waals surface area contributed by atoms with E-state index in [1.807, 2.05) is 30.3 Å². The molecule has 0 fully saturated rings. The van der Waals surface area contributed by atoms with Crippen LogP contribution in [0.5, 0.6) is 0 Å². The number of aliphatic hydroxyl groups is 1. The molecule has 0 aliphatic rings. The first-order valence-corrected chi connectivity index (χ1v) is 12.6. The predicted octanol–water partition coefficient (Wildman–Crippen LogP) is 3.67. The Morgan fingerprint density at radius 1 is 0.947 bits per heavy atom. The van der Waals surface area contributed by atoms with Crippen LogP contribution in [0.3, 0.4) is 0 Å². The van der Waals surface area contributed by atoms with Crippen molar-refractivity contribution >= 4 is 17.9 Å². The highest BCUT2D eigenvalue weighted by atomic mass is 16.4. The lowest BCUT2D eigenvalue weighted by atomic mass is 9.75. The number of benzene rings is 2. The first kappa shape index (κ1) is 32.5. The number of hydrogen-bond acceptors (Lipinski definition) is 6. The molecule has 0 heterocycles. The van der Waals surface area contributed by atoms with Gasteiger partial charge in [0.05, 0.1) is 12.6 Å². The van der Waals surface area contributed by atoms with E-state index in [0.717, 1.165) is 35.2 Å². The van der Waals surface area contributed by atoms with Gasteiger partial charge in [-0.1, -0.05) is 62.4 Å². The minimum Gasteiger partial charge on any atom is -0.549 e. The van der Waals surface area contributed by atoms with E-state index in [4.69, 9.17) is 10.2 Å². The Labute approximate surface area is 226 Å². The normalized spacial score (nSPS) is 12.5. The Hall–Kier alpha value is -3.49. The van der Waals surface area contributed by atoms with Gasteiger partial charge < -0.3 is 25.2 Å². The van der Waals surface area contributed by atoms with E-state index in [1.165, 1.54) is 0 Å². The summed E-state index contributed by atoms with van der Waals surface area (Å²) in [7, 11) is 0. The van der Waals surface area contributed by atoms with Crippen LogP contribution in [0.25, 0.3) is 0 Å². The lowest BCUT2D eigenvalue weighted by Crippen LogP contribution is -2.42. The molecule has 8 heteroatoms. The second-order valence-corrected chi connectivity index (χ2v) is 10.2. The van der Waals surface area contributed by atoms with Crippen LogP contribution in [-0.4, -0.2) is 56.8 Å². The van der Waals surface area contributed by atoms with Crippen LogP contribution in [0.2, 0.25) is 0 Å². The van der Waals surface area contributed by atoms with Crippen molar-refractivity contribution in [3.8, 4) is 0 Å². The number of carboxylic acids is 3. The van der Waals surface area contributed by atoms with Crippen LogP contribution >= 0.6 is 0 Å². The molecule has 2 aromatic carbocycles. The van der Waals surface area contributed by atoms with Gasteiger partial charge in [0, 0.05) is 35.6 Å². The number of aliphatic carboxylic acids is 3. The molecule has 0 bridgehead atoms. The summed E-state index contributed by atoms with van der Waals surface area (Å²) in [6.07, 6.45) is 1.97. The number of nitrogens with zero attached hydrogens (tertiary/aromatic N) is 1. The molecule has 38 heavy (non-hydrogen) atoms. The predicted molar refractivity (Wildman–Crippen MR) is 146 cm³/mol. The lowest BCUT2D eigenvalue weighted by Gasteiger charge is -2.35. The minimum absolute atomic E-state index is 0. The van der Waals surface area contributed by atoms with Crippen molar-refractivity contribution in [2.24, 2.45) is 0 Å². The molecule has 2 rings (SSSR count). The molecule has 0 aromatic heterocycles. The molecular formula is C30H41NO7. The molecule has 0 saturated carbocycles. The van der Waals surface area contributed by atoms with Gasteiger partial charge in [0.2, 0.25) is 0 Å². The number of carboxylic acid groups (broad SMARTS) is 3. The van der Waals surface area contributed by atoms with Crippen molar-refractivity contribution in [3.05, 3.63) is 82.9 Å². The van der Waals surface area contributed by atoms with Gasteiger partial charge in [-0.05, 0) is 62.9 Å². The van der Waals surface area contributed by atoms with E-state index in [-0.39, 0.29) is 14.0 Å². The molecule has 0 saturated heterocycles. The average Bonchev–Trinajstić information content (AvgIpc) is 2.85. The third-order valence-electron chi connectivity index (χ3n) is 6.43. The summed E-state index contributed by atoms with van der Waals surface area (Å²) in [4.78, 5) is 33.5. The fourth-order valence-corrected chi connectivity index (χ4v) is 4.40. The molecule has 0 radical (unpaired) electrons. The van der Waals surface area contributed by atoms with E-state index in [2.05, 4.69) is 44.7 Å². The monoisotopic (exact) mass is 527 g/mol. The van der Waals surface area contributed by atoms with Crippen LogP contribution in [0.15, 0.2) is 60.7 Å². The van der Waals surface area contributed by atoms with Crippen LogP contribution < -0.4 is 5.11 Å². The summed E-state index contributed by atoms with van der Waals surface area (Å²) in [6, 6.07) is 16.7. The molecule has 3 N–H and O–H groups in total. The number of carbonyl (C=O) groups is 3. The van der Waals surface area contributed by atoms with E-state index in [9.17, 15) is 24.6 Å². The summed E-state index contributed by atoms with van der Waals surface area (Å²) < 4.78 is 0. The fourth-order valence-electron chi connectivity index (χ4n) is 4.40. The van der Waals surface area contributed by atoms with Crippen LogP contribution in [-0.2, 0) is 26.4 Å². The first-order valence-electron chi connectivity index (χ1n) is 12.6. The number of carbonyl (C=O) groups excluding carboxylic acids is 1. The lowest BCUT2D eigenvalue weighted by molar-refractivity contribution is -0.312. The van der Waals surface area contributed by atoms with E-state index < -0.39 is 23.3 Å². The van der Waals surface area contributed by atoms with E-state index >= 15 is 0 Å². The molecule has 8 nitrogen and oxygen atoms in total. The van der Waals surface area contributed by atoms with Gasteiger partial charge >= 0.3 is 13.4 Å². The van der Waals surface area contributed by atoms with Gasteiger partial charge in [-0.2, -0.15) is 0 Å². The Kier molecular flexibility index (Phi) is 12.9. The molecule has 1 atom stereocenters. The van der Waals surface area contributed by atoms with Crippen LogP contribution in [0, 0.1) is 0 Å². The van der Waals surface area contributed by atoms with Gasteiger partial charge in [-0.3, -0.25) is 4.90 Å². The quantitative estimate of drug-likeness (QED) is 0.356. The second-order valence-electron chi connectivity index (χ2n) is 10.2. The average molecular weight is 528 g/mol. The van der Waals surface area contributed by atoms with Gasteiger partial charge in [-0.25, -0.2) is 9.59 Å². The van der Waals surface area contributed by atoms with Crippen LogP contribution in [0.4, 0.5) is 0 Å². The maximum absolute atomic E-state index is 12.0. The summed E-state index contributed by atoms with van der Waals surface area (Å²) in [5.74, 6) is -3.59. The number of rotatable bonds is 12. The molecule has 208 valence electrons. The molecule has 2 aromatic rings. The zero-order valence-corrected chi connectivity index (χ0v) is 23.0. The fraction of sp³-hybridized carbons (Fsp3) is 0.433. The Morgan fingerprint density at radius 3 is 1.89 bits per heavy atom. The van der Waals surface area contributed by atoms with Gasteiger partial charge in [0.25, 0.3) is 0 Å². The van der Waals surface area contributed by atoms with E-state index in [1.54, 1.807) is 19.9 Å². The summed E-state index contributed by atoms with van der Waals surface area (Å²) in [6.45, 7) is 13.0. The Bertz CT molecular complexity index is 1070. The third kappa shape index (κ3) is 9.76. The topological polar surface area (TPSA) is 138 Å². The van der Waals surface area contributed by atoms with Crippen molar-refractivity contribution < 1.29 is 36.2 Å². The van der Waals surface area contributed by atoms with Crippen molar-refractivity contribution in [1.29, 1.82) is 0 Å². The number of hydrogen-bond donors (Lipinski definition) is 3. The molecule has 0 unspecified atom stereocenters. The zero-order valence-electron chi connectivity index (χ0n) is 24.0. The molecule has 0 aliphatic heterocycles. The van der Waals surface area contributed by atoms with E-state index in [0.29, 0.717) is 24.2 Å². The SMILES string of the molecule is CC(C)N(CC[C@H](c1ccccc1)c1cc(CO)ccc1C(C)(C)C(=O)[O-])C(C)C.O=C(O)/C=C/C(=O)O.[H+]. The Morgan fingerprint density at radius 2 is 1.47 bits per heavy atom. The molecule has 0 spiro atoms. The first-order chi connectivity index (χ1) is 17.7. The maximum atomic E-state index is 12.0. The summed E-state index contributed by atoms with van der Waals surface area (Å²) >= 11 is 0. The van der Waals surface area contributed by atoms with Crippen LogP contribution in [0.1, 0.15) is 77.6 Å². The third-order valence-corrected chi connectivity index (χ3v) is 6.43. The second kappa shape index (κ2) is 15.1. The smallest absolute Gasteiger partial charge is 0.549 e. The van der Waals surface area contributed by atoms with Crippen molar-refractivity contribution in [3.63, 3.8) is 0 Å². The van der Waals surface area contributed by atoms with Crippen molar-refractivity contribution in [1.82, 2.24) is 4.90 Å². The highest BCUT2D eigenvalue weighted by Crippen LogP contribution is 2.37. The molecular weight excluding hydrogens is 486 g/mol. The molecule has 0 aliphatic carbocycles. The van der Waals surface area contributed by atoms with Crippen molar-refractivity contribution in [2.45, 2.75) is 78.0 Å². The van der Waals surface area contributed by atoms with Gasteiger partial charge in [0.15, 0.2) is 0 Å². The largest absolute Gasteiger partial charge is 1.00 e. The van der Waals surface area contributed by atoms with Gasteiger partial charge in [0.1, 0.15) is 0 Å².